The van der Waals surface area contributed by atoms with Gasteiger partial charge in [-0.3, -0.25) is 4.79 Å². The smallest absolute Gasteiger partial charge is 0.307 e. The first-order valence-electron chi connectivity index (χ1n) is 3.75. The SMILES string of the molecule is Cc1nnc(SCC(C)C(=O)O)o1. The van der Waals surface area contributed by atoms with Gasteiger partial charge in [-0.05, 0) is 0 Å². The first-order chi connectivity index (χ1) is 6.09. The van der Waals surface area contributed by atoms with Crippen LogP contribution >= 0.6 is 11.8 Å². The van der Waals surface area contributed by atoms with Crippen LogP contribution in [0.1, 0.15) is 12.8 Å². The first-order valence-corrected chi connectivity index (χ1v) is 4.74. The topological polar surface area (TPSA) is 76.2 Å². The van der Waals surface area contributed by atoms with Gasteiger partial charge in [-0.25, -0.2) is 0 Å². The number of carboxylic acids is 1. The van der Waals surface area contributed by atoms with E-state index in [9.17, 15) is 4.79 Å². The van der Waals surface area contributed by atoms with Gasteiger partial charge in [0.25, 0.3) is 5.22 Å². The van der Waals surface area contributed by atoms with E-state index in [0.29, 0.717) is 16.9 Å². The maximum atomic E-state index is 10.4. The number of hydrogen-bond donors (Lipinski definition) is 1. The molecule has 0 saturated carbocycles. The fraction of sp³-hybridized carbons (Fsp3) is 0.571. The highest BCUT2D eigenvalue weighted by Crippen LogP contribution is 2.18. The lowest BCUT2D eigenvalue weighted by Crippen LogP contribution is -2.11. The van der Waals surface area contributed by atoms with Crippen LogP contribution in [-0.4, -0.2) is 27.0 Å². The summed E-state index contributed by atoms with van der Waals surface area (Å²) in [6.07, 6.45) is 0. The lowest BCUT2D eigenvalue weighted by molar-refractivity contribution is -0.140. The zero-order valence-corrected chi connectivity index (χ0v) is 8.17. The Morgan fingerprint density at radius 1 is 1.69 bits per heavy atom. The highest BCUT2D eigenvalue weighted by Gasteiger charge is 2.13. The molecule has 72 valence electrons. The van der Waals surface area contributed by atoms with Gasteiger partial charge in [0.05, 0.1) is 5.92 Å². The Morgan fingerprint density at radius 3 is 2.85 bits per heavy atom. The van der Waals surface area contributed by atoms with Gasteiger partial charge in [0.2, 0.25) is 5.89 Å². The molecule has 0 aliphatic heterocycles. The number of rotatable bonds is 4. The second kappa shape index (κ2) is 4.27. The summed E-state index contributed by atoms with van der Waals surface area (Å²) in [5.74, 6) is -0.289. The van der Waals surface area contributed by atoms with Gasteiger partial charge in [-0.1, -0.05) is 18.7 Å². The minimum Gasteiger partial charge on any atom is -0.481 e. The fourth-order valence-corrected chi connectivity index (χ4v) is 1.42. The Kier molecular flexibility index (Phi) is 3.30. The molecule has 0 aliphatic rings. The van der Waals surface area contributed by atoms with Crippen LogP contribution in [0.25, 0.3) is 0 Å². The van der Waals surface area contributed by atoms with Gasteiger partial charge in [-0.2, -0.15) is 0 Å². The van der Waals surface area contributed by atoms with Gasteiger partial charge < -0.3 is 9.52 Å². The molecule has 0 fully saturated rings. The molecule has 0 radical (unpaired) electrons. The average Bonchev–Trinajstić information content (AvgIpc) is 2.47. The maximum Gasteiger partial charge on any atom is 0.307 e. The van der Waals surface area contributed by atoms with E-state index in [2.05, 4.69) is 10.2 Å². The van der Waals surface area contributed by atoms with Crippen molar-refractivity contribution in [3.8, 4) is 0 Å². The molecule has 0 aromatic carbocycles. The molecular weight excluding hydrogens is 192 g/mol. The molecule has 1 unspecified atom stereocenters. The third-order valence-electron chi connectivity index (χ3n) is 1.39. The standard InChI is InChI=1S/C7H10N2O3S/c1-4(6(10)11)3-13-7-9-8-5(2)12-7/h4H,3H2,1-2H3,(H,10,11). The van der Waals surface area contributed by atoms with E-state index >= 15 is 0 Å². The van der Waals surface area contributed by atoms with Gasteiger partial charge >= 0.3 is 5.97 Å². The van der Waals surface area contributed by atoms with Crippen LogP contribution in [0.2, 0.25) is 0 Å². The van der Waals surface area contributed by atoms with Crippen molar-refractivity contribution in [1.82, 2.24) is 10.2 Å². The number of hydrogen-bond acceptors (Lipinski definition) is 5. The van der Waals surface area contributed by atoms with E-state index in [4.69, 9.17) is 9.52 Å². The summed E-state index contributed by atoms with van der Waals surface area (Å²) in [6, 6.07) is 0. The van der Waals surface area contributed by atoms with Crippen LogP contribution in [0.15, 0.2) is 9.64 Å². The third-order valence-corrected chi connectivity index (χ3v) is 2.46. The Hall–Kier alpha value is -1.04. The summed E-state index contributed by atoms with van der Waals surface area (Å²) in [5, 5.41) is 16.4. The second-order valence-corrected chi connectivity index (χ2v) is 3.61. The number of carbonyl (C=O) groups is 1. The first kappa shape index (κ1) is 10.0. The summed E-state index contributed by atoms with van der Waals surface area (Å²) >= 11 is 1.26. The molecule has 1 aromatic rings. The minimum atomic E-state index is -0.816. The number of thioether (sulfide) groups is 1. The van der Waals surface area contributed by atoms with Crippen molar-refractivity contribution in [2.24, 2.45) is 5.92 Å². The molecular formula is C7H10N2O3S. The Bertz CT molecular complexity index is 300. The quantitative estimate of drug-likeness (QED) is 0.739. The average molecular weight is 202 g/mol. The van der Waals surface area contributed by atoms with Crippen molar-refractivity contribution in [2.45, 2.75) is 19.1 Å². The Labute approximate surface area is 79.5 Å². The van der Waals surface area contributed by atoms with Crippen molar-refractivity contribution in [3.05, 3.63) is 5.89 Å². The third kappa shape index (κ3) is 3.06. The zero-order chi connectivity index (χ0) is 9.84. The number of aliphatic carboxylic acids is 1. The van der Waals surface area contributed by atoms with Crippen molar-refractivity contribution in [2.75, 3.05) is 5.75 Å². The van der Waals surface area contributed by atoms with Crippen LogP contribution in [-0.2, 0) is 4.79 Å². The molecule has 1 atom stereocenters. The second-order valence-electron chi connectivity index (χ2n) is 2.64. The maximum absolute atomic E-state index is 10.4. The fourth-order valence-electron chi connectivity index (χ4n) is 0.604. The normalized spacial score (nSPS) is 12.8. The van der Waals surface area contributed by atoms with Gasteiger partial charge in [0, 0.05) is 12.7 Å². The van der Waals surface area contributed by atoms with Crippen LogP contribution in [0.3, 0.4) is 0 Å². The largest absolute Gasteiger partial charge is 0.481 e. The highest BCUT2D eigenvalue weighted by atomic mass is 32.2. The van der Waals surface area contributed by atoms with Crippen LogP contribution < -0.4 is 0 Å². The summed E-state index contributed by atoms with van der Waals surface area (Å²) in [4.78, 5) is 10.4. The van der Waals surface area contributed by atoms with Gasteiger partial charge in [0.15, 0.2) is 0 Å². The molecule has 0 saturated heterocycles. The van der Waals surface area contributed by atoms with Crippen LogP contribution in [0, 0.1) is 12.8 Å². The number of aromatic nitrogens is 2. The predicted molar refractivity (Wildman–Crippen MR) is 46.6 cm³/mol. The molecule has 1 rings (SSSR count). The lowest BCUT2D eigenvalue weighted by atomic mass is 10.2. The van der Waals surface area contributed by atoms with Crippen molar-refractivity contribution < 1.29 is 14.3 Å². The van der Waals surface area contributed by atoms with Crippen LogP contribution in [0.4, 0.5) is 0 Å². The van der Waals surface area contributed by atoms with Crippen molar-refractivity contribution in [3.63, 3.8) is 0 Å². The summed E-state index contributed by atoms with van der Waals surface area (Å²) in [7, 11) is 0. The lowest BCUT2D eigenvalue weighted by Gasteiger charge is -2.01. The van der Waals surface area contributed by atoms with E-state index in [0.717, 1.165) is 0 Å². The molecule has 0 bridgehead atoms. The van der Waals surface area contributed by atoms with Gasteiger partial charge in [-0.15, -0.1) is 10.2 Å². The Balaban J connectivity index is 2.39. The van der Waals surface area contributed by atoms with E-state index in [-0.39, 0.29) is 0 Å². The predicted octanol–water partition coefficient (Wildman–Crippen LogP) is 1.19. The summed E-state index contributed by atoms with van der Waals surface area (Å²) in [6.45, 7) is 3.33. The number of aryl methyl sites for hydroxylation is 1. The van der Waals surface area contributed by atoms with E-state index < -0.39 is 11.9 Å². The Morgan fingerprint density at radius 2 is 2.38 bits per heavy atom. The molecule has 6 heteroatoms. The molecule has 0 aliphatic carbocycles. The van der Waals surface area contributed by atoms with Crippen molar-refractivity contribution in [1.29, 1.82) is 0 Å². The highest BCUT2D eigenvalue weighted by molar-refractivity contribution is 7.99. The molecule has 1 aromatic heterocycles. The number of carboxylic acid groups (broad SMARTS) is 1. The molecule has 5 nitrogen and oxygen atoms in total. The van der Waals surface area contributed by atoms with E-state index in [1.54, 1.807) is 13.8 Å². The zero-order valence-electron chi connectivity index (χ0n) is 7.35. The number of nitrogens with zero attached hydrogens (tertiary/aromatic N) is 2. The van der Waals surface area contributed by atoms with E-state index in [1.807, 2.05) is 0 Å². The van der Waals surface area contributed by atoms with Crippen LogP contribution in [0.5, 0.6) is 0 Å². The summed E-state index contributed by atoms with van der Waals surface area (Å²) < 4.78 is 5.06. The van der Waals surface area contributed by atoms with Crippen molar-refractivity contribution >= 4 is 17.7 Å². The molecule has 13 heavy (non-hydrogen) atoms. The van der Waals surface area contributed by atoms with E-state index in [1.165, 1.54) is 11.8 Å². The summed E-state index contributed by atoms with van der Waals surface area (Å²) in [5.41, 5.74) is 0. The monoisotopic (exact) mass is 202 g/mol. The molecule has 1 heterocycles. The van der Waals surface area contributed by atoms with Gasteiger partial charge in [0.1, 0.15) is 0 Å². The minimum absolute atomic E-state index is 0.405. The molecule has 0 spiro atoms. The molecule has 1 N–H and O–H groups in total. The molecule has 0 amide bonds.